The van der Waals surface area contributed by atoms with E-state index in [1.54, 1.807) is 7.11 Å². The number of nitrogens with zero attached hydrogens (tertiary/aromatic N) is 2. The lowest BCUT2D eigenvalue weighted by atomic mass is 10.1. The molecule has 0 amide bonds. The van der Waals surface area contributed by atoms with E-state index >= 15 is 0 Å². The highest BCUT2D eigenvalue weighted by molar-refractivity contribution is 5.79. The lowest BCUT2D eigenvalue weighted by molar-refractivity contribution is 0.232. The predicted molar refractivity (Wildman–Crippen MR) is 110 cm³/mol. The fraction of sp³-hybridized carbons (Fsp3) is 0.667. The van der Waals surface area contributed by atoms with Crippen molar-refractivity contribution in [3.05, 3.63) is 23.3 Å². The van der Waals surface area contributed by atoms with Gasteiger partial charge in [-0.2, -0.15) is 0 Å². The molecular formula is C21H34N4O2. The highest BCUT2D eigenvalue weighted by Crippen LogP contribution is 2.35. The zero-order chi connectivity index (χ0) is 19.1. The van der Waals surface area contributed by atoms with Gasteiger partial charge >= 0.3 is 0 Å². The Morgan fingerprint density at radius 2 is 2.07 bits per heavy atom. The summed E-state index contributed by atoms with van der Waals surface area (Å²) in [5, 5.41) is 6.80. The molecule has 2 N–H and O–H groups in total. The smallest absolute Gasteiger partial charge is 0.191 e. The Morgan fingerprint density at radius 1 is 1.26 bits per heavy atom. The van der Waals surface area contributed by atoms with E-state index in [0.29, 0.717) is 6.54 Å². The van der Waals surface area contributed by atoms with Crippen molar-refractivity contribution in [2.24, 2.45) is 4.99 Å². The van der Waals surface area contributed by atoms with Crippen molar-refractivity contribution in [2.45, 2.75) is 52.2 Å². The molecule has 1 aromatic carbocycles. The number of methoxy groups -OCH3 is 1. The maximum absolute atomic E-state index is 5.89. The van der Waals surface area contributed by atoms with Gasteiger partial charge in [0.15, 0.2) is 5.96 Å². The van der Waals surface area contributed by atoms with Crippen molar-refractivity contribution < 1.29 is 9.47 Å². The van der Waals surface area contributed by atoms with Crippen LogP contribution in [0, 0.1) is 0 Å². The Balaban J connectivity index is 1.59. The van der Waals surface area contributed by atoms with Crippen molar-refractivity contribution >= 4 is 5.96 Å². The molecule has 2 aliphatic rings. The fourth-order valence-electron chi connectivity index (χ4n) is 3.82. The SMILES string of the molecule is CCNC(=NCc1cc2c(cc1OC)CC(C)O2)NCCN1CCCCC1. The van der Waals surface area contributed by atoms with E-state index in [1.165, 1.54) is 37.9 Å². The first-order valence-corrected chi connectivity index (χ1v) is 10.3. The summed E-state index contributed by atoms with van der Waals surface area (Å²) in [4.78, 5) is 7.29. The average molecular weight is 375 g/mol. The molecule has 1 fully saturated rings. The van der Waals surface area contributed by atoms with Gasteiger partial charge in [-0.3, -0.25) is 0 Å². The Kier molecular flexibility index (Phi) is 7.21. The molecule has 6 heteroatoms. The number of nitrogens with one attached hydrogen (secondary N) is 2. The summed E-state index contributed by atoms with van der Waals surface area (Å²) < 4.78 is 11.5. The van der Waals surface area contributed by atoms with Crippen molar-refractivity contribution in [2.75, 3.05) is 39.8 Å². The number of guanidine groups is 1. The molecule has 2 aliphatic heterocycles. The third-order valence-corrected chi connectivity index (χ3v) is 5.22. The maximum atomic E-state index is 5.89. The van der Waals surface area contributed by atoms with Crippen LogP contribution in [0.25, 0.3) is 0 Å². The molecule has 0 aromatic heterocycles. The molecule has 1 unspecified atom stereocenters. The number of fused-ring (bicyclic) bond motifs is 1. The number of ether oxygens (including phenoxy) is 2. The van der Waals surface area contributed by atoms with Crippen LogP contribution in [0.4, 0.5) is 0 Å². The van der Waals surface area contributed by atoms with Crippen LogP contribution in [0.3, 0.4) is 0 Å². The van der Waals surface area contributed by atoms with Gasteiger partial charge in [-0.05, 0) is 51.9 Å². The van der Waals surface area contributed by atoms with Gasteiger partial charge in [0, 0.05) is 37.2 Å². The topological polar surface area (TPSA) is 58.1 Å². The number of hydrogen-bond acceptors (Lipinski definition) is 4. The molecule has 6 nitrogen and oxygen atoms in total. The molecule has 0 bridgehead atoms. The molecule has 0 spiro atoms. The third-order valence-electron chi connectivity index (χ3n) is 5.22. The summed E-state index contributed by atoms with van der Waals surface area (Å²) in [6, 6.07) is 4.18. The molecule has 1 aromatic rings. The van der Waals surface area contributed by atoms with Gasteiger partial charge in [0.05, 0.1) is 13.7 Å². The fourth-order valence-corrected chi connectivity index (χ4v) is 3.82. The Morgan fingerprint density at radius 3 is 2.81 bits per heavy atom. The van der Waals surface area contributed by atoms with Crippen LogP contribution in [0.15, 0.2) is 17.1 Å². The molecule has 0 saturated carbocycles. The van der Waals surface area contributed by atoms with Gasteiger partial charge in [-0.25, -0.2) is 4.99 Å². The number of piperidine rings is 1. The molecule has 150 valence electrons. The normalized spacial score (nSPS) is 20.1. The van der Waals surface area contributed by atoms with E-state index in [1.807, 2.05) is 0 Å². The molecule has 27 heavy (non-hydrogen) atoms. The molecular weight excluding hydrogens is 340 g/mol. The van der Waals surface area contributed by atoms with Gasteiger partial charge < -0.3 is 25.0 Å². The summed E-state index contributed by atoms with van der Waals surface area (Å²) in [5.41, 5.74) is 2.28. The first kappa shape index (κ1) is 19.8. The van der Waals surface area contributed by atoms with E-state index in [0.717, 1.165) is 49.1 Å². The van der Waals surface area contributed by atoms with Gasteiger partial charge in [0.25, 0.3) is 0 Å². The van der Waals surface area contributed by atoms with Crippen LogP contribution in [0.5, 0.6) is 11.5 Å². The van der Waals surface area contributed by atoms with Crippen molar-refractivity contribution in [1.82, 2.24) is 15.5 Å². The molecule has 1 saturated heterocycles. The molecule has 0 radical (unpaired) electrons. The molecule has 1 atom stereocenters. The Bertz CT molecular complexity index is 641. The first-order valence-electron chi connectivity index (χ1n) is 10.3. The number of hydrogen-bond donors (Lipinski definition) is 2. The standard InChI is InChI=1S/C21H34N4O2/c1-4-22-21(23-8-11-25-9-6-5-7-10-25)24-15-18-14-20-17(12-16(2)27-20)13-19(18)26-3/h13-14,16H,4-12,15H2,1-3H3,(H2,22,23,24). The highest BCUT2D eigenvalue weighted by atomic mass is 16.5. The van der Waals surface area contributed by atoms with Crippen molar-refractivity contribution in [3.63, 3.8) is 0 Å². The summed E-state index contributed by atoms with van der Waals surface area (Å²) in [5.74, 6) is 2.71. The van der Waals surface area contributed by atoms with Crippen LogP contribution >= 0.6 is 0 Å². The van der Waals surface area contributed by atoms with Crippen LogP contribution in [0.1, 0.15) is 44.2 Å². The monoisotopic (exact) mass is 374 g/mol. The van der Waals surface area contributed by atoms with E-state index in [4.69, 9.17) is 14.5 Å². The van der Waals surface area contributed by atoms with E-state index in [-0.39, 0.29) is 6.10 Å². The minimum absolute atomic E-state index is 0.234. The number of aliphatic imine (C=N–C) groups is 1. The van der Waals surface area contributed by atoms with Crippen LogP contribution in [-0.2, 0) is 13.0 Å². The second-order valence-electron chi connectivity index (χ2n) is 7.43. The second kappa shape index (κ2) is 9.83. The summed E-state index contributed by atoms with van der Waals surface area (Å²) in [6.45, 7) is 10.0. The summed E-state index contributed by atoms with van der Waals surface area (Å²) in [6.07, 6.45) is 5.20. The summed E-state index contributed by atoms with van der Waals surface area (Å²) in [7, 11) is 1.72. The zero-order valence-electron chi connectivity index (χ0n) is 17.0. The quantitative estimate of drug-likeness (QED) is 0.567. The van der Waals surface area contributed by atoms with Crippen LogP contribution in [-0.4, -0.2) is 56.8 Å². The molecule has 0 aliphatic carbocycles. The summed E-state index contributed by atoms with van der Waals surface area (Å²) >= 11 is 0. The van der Waals surface area contributed by atoms with Gasteiger partial charge in [0.1, 0.15) is 17.6 Å². The third kappa shape index (κ3) is 5.51. The van der Waals surface area contributed by atoms with Crippen LogP contribution < -0.4 is 20.1 Å². The average Bonchev–Trinajstić information content (AvgIpc) is 3.05. The predicted octanol–water partition coefficient (Wildman–Crippen LogP) is 2.56. The van der Waals surface area contributed by atoms with Gasteiger partial charge in [-0.15, -0.1) is 0 Å². The van der Waals surface area contributed by atoms with Gasteiger partial charge in [-0.1, -0.05) is 6.42 Å². The van der Waals surface area contributed by atoms with E-state index in [2.05, 4.69) is 41.5 Å². The second-order valence-corrected chi connectivity index (χ2v) is 7.43. The van der Waals surface area contributed by atoms with E-state index < -0.39 is 0 Å². The lowest BCUT2D eigenvalue weighted by Crippen LogP contribution is -2.42. The largest absolute Gasteiger partial charge is 0.496 e. The number of rotatable bonds is 7. The molecule has 2 heterocycles. The molecule has 3 rings (SSSR count). The van der Waals surface area contributed by atoms with Crippen LogP contribution in [0.2, 0.25) is 0 Å². The highest BCUT2D eigenvalue weighted by Gasteiger charge is 2.21. The van der Waals surface area contributed by atoms with Crippen molar-refractivity contribution in [3.8, 4) is 11.5 Å². The first-order chi connectivity index (χ1) is 13.2. The Hall–Kier alpha value is -1.95. The zero-order valence-corrected chi connectivity index (χ0v) is 17.0. The number of benzene rings is 1. The lowest BCUT2D eigenvalue weighted by Gasteiger charge is -2.26. The Labute approximate surface area is 163 Å². The van der Waals surface area contributed by atoms with E-state index in [9.17, 15) is 0 Å². The number of likely N-dealkylation sites (tertiary alicyclic amines) is 1. The minimum atomic E-state index is 0.234. The van der Waals surface area contributed by atoms with Gasteiger partial charge in [0.2, 0.25) is 0 Å². The minimum Gasteiger partial charge on any atom is -0.496 e. The van der Waals surface area contributed by atoms with Crippen molar-refractivity contribution in [1.29, 1.82) is 0 Å². The maximum Gasteiger partial charge on any atom is 0.191 e.